The standard InChI is InChI=1S/C10H13N5/c1-3-8(11-4-1)7-9-13-10-12-5-2-6-15(10)14-9/h2,5-6,8,11H,1,3-4,7H2. The van der Waals surface area contributed by atoms with E-state index in [4.69, 9.17) is 0 Å². The topological polar surface area (TPSA) is 55.1 Å². The minimum Gasteiger partial charge on any atom is -0.314 e. The smallest absolute Gasteiger partial charge is 0.252 e. The van der Waals surface area contributed by atoms with Gasteiger partial charge >= 0.3 is 0 Å². The summed E-state index contributed by atoms with van der Waals surface area (Å²) in [6.45, 7) is 1.12. The van der Waals surface area contributed by atoms with Gasteiger partial charge < -0.3 is 5.32 Å². The van der Waals surface area contributed by atoms with Crippen LogP contribution in [0.4, 0.5) is 0 Å². The molecule has 0 radical (unpaired) electrons. The maximum absolute atomic E-state index is 4.38. The van der Waals surface area contributed by atoms with Crippen LogP contribution in [0.25, 0.3) is 5.78 Å². The Labute approximate surface area is 87.5 Å². The second-order valence-electron chi connectivity index (χ2n) is 3.89. The molecule has 1 unspecified atom stereocenters. The number of fused-ring (bicyclic) bond motifs is 1. The highest BCUT2D eigenvalue weighted by Crippen LogP contribution is 2.09. The van der Waals surface area contributed by atoms with Gasteiger partial charge in [-0.1, -0.05) is 0 Å². The van der Waals surface area contributed by atoms with Crippen molar-refractivity contribution in [3.8, 4) is 0 Å². The minimum absolute atomic E-state index is 0.544. The second kappa shape index (κ2) is 3.58. The molecule has 0 bridgehead atoms. The first-order valence-corrected chi connectivity index (χ1v) is 5.31. The van der Waals surface area contributed by atoms with E-state index >= 15 is 0 Å². The largest absolute Gasteiger partial charge is 0.314 e. The van der Waals surface area contributed by atoms with E-state index < -0.39 is 0 Å². The molecule has 1 atom stereocenters. The molecular weight excluding hydrogens is 190 g/mol. The number of nitrogens with zero attached hydrogens (tertiary/aromatic N) is 4. The van der Waals surface area contributed by atoms with Crippen molar-refractivity contribution in [3.63, 3.8) is 0 Å². The van der Waals surface area contributed by atoms with Crippen LogP contribution in [-0.2, 0) is 6.42 Å². The van der Waals surface area contributed by atoms with Gasteiger partial charge in [0.1, 0.15) is 0 Å². The van der Waals surface area contributed by atoms with Crippen molar-refractivity contribution in [1.82, 2.24) is 24.9 Å². The summed E-state index contributed by atoms with van der Waals surface area (Å²) in [4.78, 5) is 8.52. The zero-order chi connectivity index (χ0) is 10.1. The molecule has 5 nitrogen and oxygen atoms in total. The molecule has 78 valence electrons. The van der Waals surface area contributed by atoms with Crippen molar-refractivity contribution in [3.05, 3.63) is 24.3 Å². The van der Waals surface area contributed by atoms with Gasteiger partial charge in [-0.05, 0) is 25.5 Å². The van der Waals surface area contributed by atoms with Gasteiger partial charge in [-0.2, -0.15) is 4.98 Å². The highest BCUT2D eigenvalue weighted by Gasteiger charge is 2.16. The summed E-state index contributed by atoms with van der Waals surface area (Å²) in [6.07, 6.45) is 7.01. The predicted molar refractivity (Wildman–Crippen MR) is 55.5 cm³/mol. The SMILES string of the molecule is c1cnc2nc(CC3CCCN3)nn2c1. The van der Waals surface area contributed by atoms with Crippen LogP contribution in [0.3, 0.4) is 0 Å². The van der Waals surface area contributed by atoms with Gasteiger partial charge in [0.15, 0.2) is 5.82 Å². The summed E-state index contributed by atoms with van der Waals surface area (Å²) in [5.41, 5.74) is 0. The van der Waals surface area contributed by atoms with Crippen LogP contribution in [0.5, 0.6) is 0 Å². The number of hydrogen-bond donors (Lipinski definition) is 1. The molecule has 0 amide bonds. The highest BCUT2D eigenvalue weighted by atomic mass is 15.3. The van der Waals surface area contributed by atoms with Crippen LogP contribution in [-0.4, -0.2) is 32.2 Å². The van der Waals surface area contributed by atoms with Crippen LogP contribution in [0.2, 0.25) is 0 Å². The molecular formula is C10H13N5. The zero-order valence-electron chi connectivity index (χ0n) is 8.43. The molecule has 1 N–H and O–H groups in total. The van der Waals surface area contributed by atoms with E-state index in [1.165, 1.54) is 12.8 Å². The first-order valence-electron chi connectivity index (χ1n) is 5.31. The third-order valence-electron chi connectivity index (χ3n) is 2.75. The van der Waals surface area contributed by atoms with Crippen LogP contribution < -0.4 is 5.32 Å². The van der Waals surface area contributed by atoms with E-state index in [0.29, 0.717) is 11.8 Å². The Hall–Kier alpha value is -1.49. The first-order chi connectivity index (χ1) is 7.42. The highest BCUT2D eigenvalue weighted by molar-refractivity contribution is 5.25. The molecule has 1 saturated heterocycles. The van der Waals surface area contributed by atoms with E-state index in [0.717, 1.165) is 18.8 Å². The Morgan fingerprint density at radius 2 is 2.53 bits per heavy atom. The van der Waals surface area contributed by atoms with Crippen molar-refractivity contribution < 1.29 is 0 Å². The van der Waals surface area contributed by atoms with Gasteiger partial charge in [-0.15, -0.1) is 5.10 Å². The molecule has 0 aromatic carbocycles. The van der Waals surface area contributed by atoms with Gasteiger partial charge in [0.2, 0.25) is 0 Å². The Bertz CT molecular complexity index is 425. The molecule has 0 aliphatic carbocycles. The number of rotatable bonds is 2. The average molecular weight is 203 g/mol. The summed E-state index contributed by atoms with van der Waals surface area (Å²) >= 11 is 0. The van der Waals surface area contributed by atoms with Crippen molar-refractivity contribution in [1.29, 1.82) is 0 Å². The fourth-order valence-corrected chi connectivity index (χ4v) is 2.01. The third kappa shape index (κ3) is 1.70. The number of nitrogens with one attached hydrogen (secondary N) is 1. The fourth-order valence-electron chi connectivity index (χ4n) is 2.01. The Kier molecular flexibility index (Phi) is 2.10. The predicted octanol–water partition coefficient (Wildman–Crippen LogP) is 0.419. The maximum atomic E-state index is 4.38. The average Bonchev–Trinajstić information content (AvgIpc) is 2.86. The fraction of sp³-hybridized carbons (Fsp3) is 0.500. The van der Waals surface area contributed by atoms with E-state index in [1.54, 1.807) is 10.7 Å². The van der Waals surface area contributed by atoms with Crippen molar-refractivity contribution in [2.45, 2.75) is 25.3 Å². The molecule has 0 saturated carbocycles. The molecule has 1 aliphatic rings. The minimum atomic E-state index is 0.544. The van der Waals surface area contributed by atoms with E-state index in [1.807, 2.05) is 12.3 Å². The van der Waals surface area contributed by atoms with Crippen molar-refractivity contribution in [2.75, 3.05) is 6.54 Å². The number of hydrogen-bond acceptors (Lipinski definition) is 4. The molecule has 5 heteroatoms. The van der Waals surface area contributed by atoms with E-state index in [9.17, 15) is 0 Å². The maximum Gasteiger partial charge on any atom is 0.252 e. The van der Waals surface area contributed by atoms with Crippen LogP contribution in [0.15, 0.2) is 18.5 Å². The second-order valence-corrected chi connectivity index (χ2v) is 3.89. The third-order valence-corrected chi connectivity index (χ3v) is 2.75. The molecule has 3 heterocycles. The monoisotopic (exact) mass is 203 g/mol. The quantitative estimate of drug-likeness (QED) is 0.768. The van der Waals surface area contributed by atoms with E-state index in [-0.39, 0.29) is 0 Å². The summed E-state index contributed by atoms with van der Waals surface area (Å²) in [6, 6.07) is 2.40. The van der Waals surface area contributed by atoms with Gasteiger partial charge in [0, 0.05) is 24.9 Å². The Morgan fingerprint density at radius 3 is 3.33 bits per heavy atom. The number of aromatic nitrogens is 4. The first kappa shape index (κ1) is 8.79. The summed E-state index contributed by atoms with van der Waals surface area (Å²) in [5.74, 6) is 1.57. The lowest BCUT2D eigenvalue weighted by Crippen LogP contribution is -2.24. The molecule has 0 spiro atoms. The lowest BCUT2D eigenvalue weighted by Gasteiger charge is -2.05. The molecule has 3 rings (SSSR count). The van der Waals surface area contributed by atoms with Gasteiger partial charge in [0.05, 0.1) is 0 Å². The van der Waals surface area contributed by atoms with Crippen LogP contribution in [0.1, 0.15) is 18.7 Å². The zero-order valence-corrected chi connectivity index (χ0v) is 8.43. The Balaban J connectivity index is 1.84. The summed E-state index contributed by atoms with van der Waals surface area (Å²) in [7, 11) is 0. The summed E-state index contributed by atoms with van der Waals surface area (Å²) < 4.78 is 1.73. The molecule has 1 fully saturated rings. The molecule has 1 aliphatic heterocycles. The lowest BCUT2D eigenvalue weighted by molar-refractivity contribution is 0.585. The molecule has 2 aromatic rings. The molecule has 2 aromatic heterocycles. The normalized spacial score (nSPS) is 21.2. The van der Waals surface area contributed by atoms with Gasteiger partial charge in [0.25, 0.3) is 5.78 Å². The van der Waals surface area contributed by atoms with E-state index in [2.05, 4.69) is 20.4 Å². The van der Waals surface area contributed by atoms with Crippen LogP contribution >= 0.6 is 0 Å². The Morgan fingerprint density at radius 1 is 1.53 bits per heavy atom. The summed E-state index contributed by atoms with van der Waals surface area (Å²) in [5, 5.41) is 7.82. The van der Waals surface area contributed by atoms with Crippen molar-refractivity contribution >= 4 is 5.78 Å². The molecule has 15 heavy (non-hydrogen) atoms. The van der Waals surface area contributed by atoms with Crippen LogP contribution in [0, 0.1) is 0 Å². The lowest BCUT2D eigenvalue weighted by atomic mass is 10.1. The van der Waals surface area contributed by atoms with Gasteiger partial charge in [-0.25, -0.2) is 9.50 Å². The van der Waals surface area contributed by atoms with Gasteiger partial charge in [-0.3, -0.25) is 0 Å². The van der Waals surface area contributed by atoms with Crippen molar-refractivity contribution in [2.24, 2.45) is 0 Å².